The van der Waals surface area contributed by atoms with Crippen LogP contribution in [0, 0.1) is 40.4 Å². The second-order valence-corrected chi connectivity index (χ2v) is 11.7. The van der Waals surface area contributed by atoms with Crippen molar-refractivity contribution in [2.45, 2.75) is 124 Å². The van der Waals surface area contributed by atoms with Crippen molar-refractivity contribution in [3.05, 3.63) is 11.6 Å². The Bertz CT molecular complexity index is 589. The van der Waals surface area contributed by atoms with Crippen LogP contribution in [0.3, 0.4) is 0 Å². The summed E-state index contributed by atoms with van der Waals surface area (Å²) in [6, 6.07) is 0. The topological polar surface area (TPSA) is 20.2 Å². The van der Waals surface area contributed by atoms with E-state index < -0.39 is 0 Å². The lowest BCUT2D eigenvalue weighted by molar-refractivity contribution is -0.0508. The summed E-state index contributed by atoms with van der Waals surface area (Å²) < 4.78 is 0. The van der Waals surface area contributed by atoms with Gasteiger partial charge in [-0.3, -0.25) is 0 Å². The summed E-state index contributed by atoms with van der Waals surface area (Å²) in [6.45, 7) is 9.26. The number of allylic oxidation sites excluding steroid dienone is 1. The van der Waals surface area contributed by atoms with Crippen LogP contribution < -0.4 is 0 Å². The van der Waals surface area contributed by atoms with Gasteiger partial charge in [-0.1, -0.05) is 71.4 Å². The molecule has 5 aliphatic rings. The molecule has 0 aromatic rings. The number of unbranched alkanes of at least 4 members (excludes halogenated alkanes) is 1. The summed E-state index contributed by atoms with van der Waals surface area (Å²) in [5, 5.41) is 10.2. The van der Waals surface area contributed by atoms with Crippen molar-refractivity contribution in [3.63, 3.8) is 0 Å². The van der Waals surface area contributed by atoms with Gasteiger partial charge in [0.1, 0.15) is 0 Å². The first-order valence-electron chi connectivity index (χ1n) is 13.4. The summed E-state index contributed by atoms with van der Waals surface area (Å²) in [4.78, 5) is 0. The normalized spacial score (nSPS) is 46.0. The van der Waals surface area contributed by atoms with Crippen molar-refractivity contribution >= 4 is 0 Å². The highest BCUT2D eigenvalue weighted by molar-refractivity contribution is 5.25. The molecule has 0 aromatic carbocycles. The molecule has 0 radical (unpaired) electrons. The van der Waals surface area contributed by atoms with Crippen molar-refractivity contribution in [1.29, 1.82) is 0 Å². The molecule has 4 saturated carbocycles. The minimum absolute atomic E-state index is 0.0683. The van der Waals surface area contributed by atoms with Crippen LogP contribution in [0.1, 0.15) is 118 Å². The van der Waals surface area contributed by atoms with Crippen LogP contribution in [0.25, 0.3) is 0 Å². The molecule has 0 aromatic heterocycles. The monoisotopic (exact) mass is 400 g/mol. The molecule has 0 amide bonds. The standard InChI is InChI=1S/C26H42O.C2H6/c1-25-16-14-24-22(11-9-20-17-21(27)13-15-26(20,24)2)23(25)12-10-19(25)6-4-3-5-18-7-8-18;1-2/h9,18-19,21-24,27H,3-8,10-17H2,1-2H3;1-2H3/t19-,21?,22?,23?,24?,25?,26?;/m0./s1. The van der Waals surface area contributed by atoms with Crippen molar-refractivity contribution in [1.82, 2.24) is 0 Å². The number of fused-ring (bicyclic) bond motifs is 5. The average molecular weight is 401 g/mol. The zero-order valence-corrected chi connectivity index (χ0v) is 19.9. The van der Waals surface area contributed by atoms with Gasteiger partial charge in [-0.05, 0) is 98.2 Å². The fourth-order valence-corrected chi connectivity index (χ4v) is 8.45. The second-order valence-electron chi connectivity index (χ2n) is 11.7. The van der Waals surface area contributed by atoms with Crippen LogP contribution in [0.5, 0.6) is 0 Å². The van der Waals surface area contributed by atoms with Crippen LogP contribution in [0.2, 0.25) is 0 Å². The van der Waals surface area contributed by atoms with E-state index in [1.807, 2.05) is 13.8 Å². The Balaban J connectivity index is 0.000000994. The summed E-state index contributed by atoms with van der Waals surface area (Å²) >= 11 is 0. The third kappa shape index (κ3) is 3.99. The van der Waals surface area contributed by atoms with Gasteiger partial charge in [-0.15, -0.1) is 0 Å². The molecule has 0 heterocycles. The highest BCUT2D eigenvalue weighted by Gasteiger charge is 2.58. The van der Waals surface area contributed by atoms with E-state index in [2.05, 4.69) is 19.9 Å². The number of aliphatic hydroxyl groups excluding tert-OH is 1. The SMILES string of the molecule is CC.CC12CCC(O)CC1=CCC1C2CCC2(C)C1CC[C@@H]2CCCCC1CC1. The largest absolute Gasteiger partial charge is 0.393 e. The van der Waals surface area contributed by atoms with E-state index in [9.17, 15) is 5.11 Å². The molecule has 5 rings (SSSR count). The molecule has 0 spiro atoms. The van der Waals surface area contributed by atoms with Crippen molar-refractivity contribution in [2.24, 2.45) is 40.4 Å². The molecule has 7 atom stereocenters. The molecule has 5 aliphatic carbocycles. The number of hydrogen-bond donors (Lipinski definition) is 1. The lowest BCUT2D eigenvalue weighted by atomic mass is 9.47. The molecular formula is C28H48O. The van der Waals surface area contributed by atoms with E-state index in [4.69, 9.17) is 0 Å². The Morgan fingerprint density at radius 2 is 1.66 bits per heavy atom. The highest BCUT2D eigenvalue weighted by Crippen LogP contribution is 2.66. The van der Waals surface area contributed by atoms with Gasteiger partial charge in [0, 0.05) is 0 Å². The van der Waals surface area contributed by atoms with Gasteiger partial charge < -0.3 is 5.11 Å². The number of hydrogen-bond acceptors (Lipinski definition) is 1. The molecule has 0 bridgehead atoms. The maximum Gasteiger partial charge on any atom is 0.0577 e. The molecule has 1 nitrogen and oxygen atoms in total. The Kier molecular flexibility index (Phi) is 6.56. The Morgan fingerprint density at radius 3 is 2.41 bits per heavy atom. The third-order valence-corrected chi connectivity index (χ3v) is 10.4. The van der Waals surface area contributed by atoms with Gasteiger partial charge in [-0.2, -0.15) is 0 Å². The zero-order chi connectivity index (χ0) is 20.6. The Labute approximate surface area is 181 Å². The summed E-state index contributed by atoms with van der Waals surface area (Å²) in [6.07, 6.45) is 22.1. The lowest BCUT2D eigenvalue weighted by Gasteiger charge is -2.58. The predicted molar refractivity (Wildman–Crippen MR) is 124 cm³/mol. The van der Waals surface area contributed by atoms with Gasteiger partial charge >= 0.3 is 0 Å². The first-order valence-corrected chi connectivity index (χ1v) is 13.4. The van der Waals surface area contributed by atoms with E-state index in [0.717, 1.165) is 42.4 Å². The van der Waals surface area contributed by atoms with Crippen molar-refractivity contribution in [2.75, 3.05) is 0 Å². The third-order valence-electron chi connectivity index (χ3n) is 10.4. The van der Waals surface area contributed by atoms with Crippen LogP contribution in [0.15, 0.2) is 11.6 Å². The number of aliphatic hydroxyl groups is 1. The van der Waals surface area contributed by atoms with Crippen molar-refractivity contribution < 1.29 is 5.11 Å². The van der Waals surface area contributed by atoms with Crippen LogP contribution in [-0.4, -0.2) is 11.2 Å². The van der Waals surface area contributed by atoms with Gasteiger partial charge in [0.25, 0.3) is 0 Å². The molecule has 4 fully saturated rings. The van der Waals surface area contributed by atoms with E-state index >= 15 is 0 Å². The van der Waals surface area contributed by atoms with Crippen LogP contribution >= 0.6 is 0 Å². The zero-order valence-electron chi connectivity index (χ0n) is 19.9. The van der Waals surface area contributed by atoms with Crippen molar-refractivity contribution in [3.8, 4) is 0 Å². The maximum atomic E-state index is 10.2. The Morgan fingerprint density at radius 1 is 0.897 bits per heavy atom. The summed E-state index contributed by atoms with van der Waals surface area (Å²) in [7, 11) is 0. The van der Waals surface area contributed by atoms with Gasteiger partial charge in [0.2, 0.25) is 0 Å². The first kappa shape index (κ1) is 21.9. The first-order chi connectivity index (χ1) is 14.0. The smallest absolute Gasteiger partial charge is 0.0577 e. The molecule has 0 aliphatic heterocycles. The fraction of sp³-hybridized carbons (Fsp3) is 0.929. The lowest BCUT2D eigenvalue weighted by Crippen LogP contribution is -2.50. The molecular weight excluding hydrogens is 352 g/mol. The molecule has 1 heteroatoms. The average Bonchev–Trinajstić information content (AvgIpc) is 3.49. The van der Waals surface area contributed by atoms with Gasteiger partial charge in [0.15, 0.2) is 0 Å². The Hall–Kier alpha value is -0.300. The quantitative estimate of drug-likeness (QED) is 0.367. The molecule has 1 N–H and O–H groups in total. The fourth-order valence-electron chi connectivity index (χ4n) is 8.45. The number of rotatable bonds is 5. The van der Waals surface area contributed by atoms with Gasteiger partial charge in [-0.25, -0.2) is 0 Å². The van der Waals surface area contributed by atoms with E-state index in [1.54, 1.807) is 5.57 Å². The summed E-state index contributed by atoms with van der Waals surface area (Å²) in [5.74, 6) is 4.94. The van der Waals surface area contributed by atoms with E-state index in [1.165, 1.54) is 77.0 Å². The van der Waals surface area contributed by atoms with E-state index in [-0.39, 0.29) is 6.10 Å². The second kappa shape index (κ2) is 8.68. The minimum Gasteiger partial charge on any atom is -0.393 e. The molecule has 166 valence electrons. The predicted octanol–water partition coefficient (Wildman–Crippen LogP) is 7.92. The highest BCUT2D eigenvalue weighted by atomic mass is 16.3. The van der Waals surface area contributed by atoms with Crippen LogP contribution in [0.4, 0.5) is 0 Å². The maximum absolute atomic E-state index is 10.2. The molecule has 6 unspecified atom stereocenters. The van der Waals surface area contributed by atoms with Gasteiger partial charge in [0.05, 0.1) is 6.10 Å². The molecule has 0 saturated heterocycles. The molecule has 29 heavy (non-hydrogen) atoms. The van der Waals surface area contributed by atoms with E-state index in [0.29, 0.717) is 10.8 Å². The summed E-state index contributed by atoms with van der Waals surface area (Å²) in [5.41, 5.74) is 2.67. The van der Waals surface area contributed by atoms with Crippen LogP contribution in [-0.2, 0) is 0 Å². The minimum atomic E-state index is -0.0683.